The molecular weight excluding hydrogens is 260 g/mol. The number of hydrogen-bond donors (Lipinski definition) is 1. The van der Waals surface area contributed by atoms with Crippen molar-refractivity contribution in [3.8, 4) is 0 Å². The lowest BCUT2D eigenvalue weighted by atomic mass is 9.85. The number of nitrogens with zero attached hydrogens (tertiary/aromatic N) is 1. The minimum atomic E-state index is -0.579. The summed E-state index contributed by atoms with van der Waals surface area (Å²) in [4.78, 5) is 25.1. The van der Waals surface area contributed by atoms with E-state index < -0.39 is 11.1 Å². The van der Waals surface area contributed by atoms with Crippen LogP contribution in [0.25, 0.3) is 0 Å². The fourth-order valence-corrected chi connectivity index (χ4v) is 2.14. The van der Waals surface area contributed by atoms with Crippen molar-refractivity contribution in [2.75, 3.05) is 19.7 Å². The summed E-state index contributed by atoms with van der Waals surface area (Å²) in [7, 11) is 0. The minimum Gasteiger partial charge on any atom is -0.466 e. The Balaban J connectivity index is 2.46. The third-order valence-corrected chi connectivity index (χ3v) is 3.21. The molecule has 1 amide bonds. The van der Waals surface area contributed by atoms with Gasteiger partial charge in [-0.2, -0.15) is 0 Å². The topological polar surface area (TPSA) is 81.9 Å². The van der Waals surface area contributed by atoms with E-state index in [1.807, 2.05) is 20.8 Å². The highest BCUT2D eigenvalue weighted by Gasteiger charge is 2.36. The summed E-state index contributed by atoms with van der Waals surface area (Å²) < 4.78 is 10.2. The molecule has 0 unspecified atom stereocenters. The molecule has 1 aliphatic rings. The van der Waals surface area contributed by atoms with Crippen LogP contribution in [0.5, 0.6) is 0 Å². The normalized spacial score (nSPS) is 18.6. The van der Waals surface area contributed by atoms with Gasteiger partial charge in [-0.1, -0.05) is 0 Å². The third-order valence-electron chi connectivity index (χ3n) is 3.21. The summed E-state index contributed by atoms with van der Waals surface area (Å²) in [6.07, 6.45) is 1.02. The molecule has 0 radical (unpaired) electrons. The molecule has 0 spiro atoms. The Bertz CT molecular complexity index is 355. The lowest BCUT2D eigenvalue weighted by molar-refractivity contribution is -0.144. The SMILES string of the molecule is CCOC(=O)CC1(N)CCN(C(=O)OC(C)(C)C)CC1. The molecule has 0 saturated carbocycles. The predicted molar refractivity (Wildman–Crippen MR) is 75.2 cm³/mol. The Kier molecular flexibility index (Phi) is 5.39. The number of esters is 1. The first kappa shape index (κ1) is 16.8. The van der Waals surface area contributed by atoms with Gasteiger partial charge in [-0.25, -0.2) is 4.79 Å². The Labute approximate surface area is 120 Å². The van der Waals surface area contributed by atoms with Crippen LogP contribution in [0.1, 0.15) is 47.0 Å². The van der Waals surface area contributed by atoms with Crippen LogP contribution >= 0.6 is 0 Å². The summed E-state index contributed by atoms with van der Waals surface area (Å²) in [5.74, 6) is -0.277. The largest absolute Gasteiger partial charge is 0.466 e. The summed E-state index contributed by atoms with van der Waals surface area (Å²) >= 11 is 0. The maximum atomic E-state index is 11.9. The number of carbonyl (C=O) groups excluding carboxylic acids is 2. The predicted octanol–water partition coefficient (Wildman–Crippen LogP) is 1.67. The number of amides is 1. The van der Waals surface area contributed by atoms with Crippen molar-refractivity contribution in [3.05, 3.63) is 0 Å². The molecule has 0 aromatic rings. The van der Waals surface area contributed by atoms with Crippen LogP contribution in [-0.2, 0) is 14.3 Å². The third kappa shape index (κ3) is 5.36. The minimum absolute atomic E-state index is 0.197. The molecule has 1 aliphatic heterocycles. The molecule has 0 aromatic carbocycles. The van der Waals surface area contributed by atoms with E-state index in [9.17, 15) is 9.59 Å². The van der Waals surface area contributed by atoms with Gasteiger partial charge >= 0.3 is 12.1 Å². The van der Waals surface area contributed by atoms with Crippen LogP contribution in [0.4, 0.5) is 4.79 Å². The summed E-state index contributed by atoms with van der Waals surface area (Å²) in [5, 5.41) is 0. The number of likely N-dealkylation sites (tertiary alicyclic amines) is 1. The summed E-state index contributed by atoms with van der Waals surface area (Å²) in [6.45, 7) is 8.65. The van der Waals surface area contributed by atoms with Gasteiger partial charge in [-0.3, -0.25) is 4.79 Å². The van der Waals surface area contributed by atoms with Crippen LogP contribution in [0.3, 0.4) is 0 Å². The van der Waals surface area contributed by atoms with Gasteiger partial charge in [-0.15, -0.1) is 0 Å². The monoisotopic (exact) mass is 286 g/mol. The van der Waals surface area contributed by atoms with Gasteiger partial charge < -0.3 is 20.1 Å². The first-order valence-corrected chi connectivity index (χ1v) is 7.08. The second-order valence-corrected chi connectivity index (χ2v) is 6.31. The average molecular weight is 286 g/mol. The molecule has 116 valence electrons. The van der Waals surface area contributed by atoms with E-state index in [2.05, 4.69) is 0 Å². The van der Waals surface area contributed by atoms with Crippen LogP contribution < -0.4 is 5.73 Å². The zero-order chi connectivity index (χ0) is 15.4. The summed E-state index contributed by atoms with van der Waals surface area (Å²) in [6, 6.07) is 0. The fraction of sp³-hybridized carbons (Fsp3) is 0.857. The number of piperidine rings is 1. The zero-order valence-corrected chi connectivity index (χ0v) is 12.9. The van der Waals surface area contributed by atoms with Crippen LogP contribution in [0.2, 0.25) is 0 Å². The average Bonchev–Trinajstić information content (AvgIpc) is 2.26. The molecule has 1 fully saturated rings. The lowest BCUT2D eigenvalue weighted by Gasteiger charge is -2.38. The highest BCUT2D eigenvalue weighted by molar-refractivity contribution is 5.71. The maximum absolute atomic E-state index is 11.9. The molecule has 6 nitrogen and oxygen atoms in total. The Hall–Kier alpha value is -1.30. The molecule has 1 heterocycles. The first-order chi connectivity index (χ1) is 9.15. The molecule has 1 rings (SSSR count). The summed E-state index contributed by atoms with van der Waals surface area (Å²) in [5.41, 5.74) is 5.12. The van der Waals surface area contributed by atoms with Crippen LogP contribution in [-0.4, -0.2) is 47.8 Å². The van der Waals surface area contributed by atoms with Crippen LogP contribution in [0, 0.1) is 0 Å². The highest BCUT2D eigenvalue weighted by Crippen LogP contribution is 2.24. The van der Waals surface area contributed by atoms with Gasteiger partial charge in [0.15, 0.2) is 0 Å². The molecule has 6 heteroatoms. The van der Waals surface area contributed by atoms with E-state index in [-0.39, 0.29) is 18.5 Å². The van der Waals surface area contributed by atoms with E-state index in [4.69, 9.17) is 15.2 Å². The van der Waals surface area contributed by atoms with Crippen molar-refractivity contribution >= 4 is 12.1 Å². The molecule has 1 saturated heterocycles. The first-order valence-electron chi connectivity index (χ1n) is 7.08. The quantitative estimate of drug-likeness (QED) is 0.798. The highest BCUT2D eigenvalue weighted by atomic mass is 16.6. The standard InChI is InChI=1S/C14H26N2O4/c1-5-19-11(17)10-14(15)6-8-16(9-7-14)12(18)20-13(2,3)4/h5-10,15H2,1-4H3. The number of rotatable bonds is 3. The van der Waals surface area contributed by atoms with Crippen molar-refractivity contribution in [1.29, 1.82) is 0 Å². The number of nitrogens with two attached hydrogens (primary N) is 1. The Morgan fingerprint density at radius 2 is 1.80 bits per heavy atom. The van der Waals surface area contributed by atoms with E-state index in [1.54, 1.807) is 11.8 Å². The smallest absolute Gasteiger partial charge is 0.410 e. The second kappa shape index (κ2) is 6.43. The van der Waals surface area contributed by atoms with Crippen molar-refractivity contribution < 1.29 is 19.1 Å². The zero-order valence-electron chi connectivity index (χ0n) is 12.9. The fourth-order valence-electron chi connectivity index (χ4n) is 2.14. The molecular formula is C14H26N2O4. The van der Waals surface area contributed by atoms with Gasteiger partial charge in [0.1, 0.15) is 5.60 Å². The van der Waals surface area contributed by atoms with Gasteiger partial charge in [0.05, 0.1) is 13.0 Å². The van der Waals surface area contributed by atoms with E-state index in [1.165, 1.54) is 0 Å². The number of hydrogen-bond acceptors (Lipinski definition) is 5. The van der Waals surface area contributed by atoms with Crippen molar-refractivity contribution in [3.63, 3.8) is 0 Å². The molecule has 2 N–H and O–H groups in total. The van der Waals surface area contributed by atoms with Crippen LogP contribution in [0.15, 0.2) is 0 Å². The van der Waals surface area contributed by atoms with Crippen molar-refractivity contribution in [2.45, 2.75) is 58.1 Å². The Morgan fingerprint density at radius 1 is 1.25 bits per heavy atom. The molecule has 0 aromatic heterocycles. The van der Waals surface area contributed by atoms with Gasteiger partial charge in [0.25, 0.3) is 0 Å². The van der Waals surface area contributed by atoms with E-state index in [0.717, 1.165) is 0 Å². The molecule has 0 atom stereocenters. The van der Waals surface area contributed by atoms with E-state index >= 15 is 0 Å². The Morgan fingerprint density at radius 3 is 2.25 bits per heavy atom. The molecule has 0 bridgehead atoms. The molecule has 0 aliphatic carbocycles. The van der Waals surface area contributed by atoms with E-state index in [0.29, 0.717) is 32.5 Å². The number of ether oxygens (including phenoxy) is 2. The van der Waals surface area contributed by atoms with Crippen molar-refractivity contribution in [2.24, 2.45) is 5.73 Å². The van der Waals surface area contributed by atoms with Gasteiger partial charge in [0, 0.05) is 18.6 Å². The van der Waals surface area contributed by atoms with Gasteiger partial charge in [-0.05, 0) is 40.5 Å². The van der Waals surface area contributed by atoms with Gasteiger partial charge in [0.2, 0.25) is 0 Å². The molecule has 20 heavy (non-hydrogen) atoms. The lowest BCUT2D eigenvalue weighted by Crippen LogP contribution is -2.53. The second-order valence-electron chi connectivity index (χ2n) is 6.31. The van der Waals surface area contributed by atoms with Crippen molar-refractivity contribution in [1.82, 2.24) is 4.90 Å². The maximum Gasteiger partial charge on any atom is 0.410 e. The number of carbonyl (C=O) groups is 2.